The molecule has 0 aliphatic heterocycles. The molecule has 25 heavy (non-hydrogen) atoms. The zero-order valence-electron chi connectivity index (χ0n) is 14.1. The van der Waals surface area contributed by atoms with Crippen molar-refractivity contribution < 1.29 is 9.90 Å². The molecular formula is C20H21N3O2. The summed E-state index contributed by atoms with van der Waals surface area (Å²) in [5.74, 6) is 0.109. The molecule has 2 N–H and O–H groups in total. The molecule has 1 aromatic carbocycles. The standard InChI is InChI=1S/C20H21N3O2/c1-23-12-16(15-6-2-3-8-18(15)23)20(25)22-19(13-10-14(24)11-13)17-7-4-5-9-21-17/h2-9,12-14,19,24H,10-11H2,1H3,(H,22,25). The summed E-state index contributed by atoms with van der Waals surface area (Å²) in [6, 6.07) is 13.4. The lowest BCUT2D eigenvalue weighted by Crippen LogP contribution is -2.41. The molecule has 4 rings (SSSR count). The molecule has 0 bridgehead atoms. The van der Waals surface area contributed by atoms with Gasteiger partial charge < -0.3 is 15.0 Å². The lowest BCUT2D eigenvalue weighted by molar-refractivity contribution is 0.0228. The number of hydrogen-bond acceptors (Lipinski definition) is 3. The van der Waals surface area contributed by atoms with Crippen LogP contribution in [0.2, 0.25) is 0 Å². The predicted molar refractivity (Wildman–Crippen MR) is 96.1 cm³/mol. The molecule has 1 unspecified atom stereocenters. The lowest BCUT2D eigenvalue weighted by Gasteiger charge is -2.37. The maximum Gasteiger partial charge on any atom is 0.254 e. The van der Waals surface area contributed by atoms with Crippen LogP contribution in [0.25, 0.3) is 10.9 Å². The quantitative estimate of drug-likeness (QED) is 0.770. The SMILES string of the molecule is Cn1cc(C(=O)NC(c2ccccn2)C2CC(O)C2)c2ccccc21. The van der Waals surface area contributed by atoms with Crippen LogP contribution in [0.1, 0.15) is 34.9 Å². The number of carbonyl (C=O) groups excluding carboxylic acids is 1. The van der Waals surface area contributed by atoms with Crippen molar-refractivity contribution in [3.8, 4) is 0 Å². The topological polar surface area (TPSA) is 67.2 Å². The van der Waals surface area contributed by atoms with Gasteiger partial charge in [-0.05, 0) is 37.0 Å². The molecule has 128 valence electrons. The number of pyridine rings is 1. The molecule has 1 amide bonds. The average molecular weight is 335 g/mol. The molecule has 2 heterocycles. The molecule has 1 atom stereocenters. The Bertz CT molecular complexity index is 898. The Morgan fingerprint density at radius 3 is 2.72 bits per heavy atom. The van der Waals surface area contributed by atoms with E-state index in [1.807, 2.05) is 60.3 Å². The van der Waals surface area contributed by atoms with E-state index in [2.05, 4.69) is 10.3 Å². The molecule has 5 nitrogen and oxygen atoms in total. The van der Waals surface area contributed by atoms with Crippen LogP contribution in [0.5, 0.6) is 0 Å². The number of rotatable bonds is 4. The van der Waals surface area contributed by atoms with Crippen molar-refractivity contribution in [2.45, 2.75) is 25.0 Å². The highest BCUT2D eigenvalue weighted by Crippen LogP contribution is 2.37. The van der Waals surface area contributed by atoms with Gasteiger partial charge in [-0.25, -0.2) is 0 Å². The van der Waals surface area contributed by atoms with Crippen LogP contribution >= 0.6 is 0 Å². The first-order valence-electron chi connectivity index (χ1n) is 8.57. The normalized spacial score (nSPS) is 20.9. The monoisotopic (exact) mass is 335 g/mol. The summed E-state index contributed by atoms with van der Waals surface area (Å²) in [6.45, 7) is 0. The highest BCUT2D eigenvalue weighted by Gasteiger charge is 2.36. The van der Waals surface area contributed by atoms with Gasteiger partial charge in [-0.1, -0.05) is 24.3 Å². The number of aryl methyl sites for hydroxylation is 1. The highest BCUT2D eigenvalue weighted by atomic mass is 16.3. The van der Waals surface area contributed by atoms with Crippen LogP contribution < -0.4 is 5.32 Å². The fraction of sp³-hybridized carbons (Fsp3) is 0.300. The van der Waals surface area contributed by atoms with Gasteiger partial charge >= 0.3 is 0 Å². The van der Waals surface area contributed by atoms with E-state index in [4.69, 9.17) is 0 Å². The molecule has 5 heteroatoms. The lowest BCUT2D eigenvalue weighted by atomic mass is 9.76. The number of aliphatic hydroxyl groups excluding tert-OH is 1. The summed E-state index contributed by atoms with van der Waals surface area (Å²) in [5.41, 5.74) is 2.54. The number of nitrogens with zero attached hydrogens (tertiary/aromatic N) is 2. The first-order valence-corrected chi connectivity index (χ1v) is 8.57. The summed E-state index contributed by atoms with van der Waals surface area (Å²) >= 11 is 0. The Balaban J connectivity index is 1.64. The number of fused-ring (bicyclic) bond motifs is 1. The second-order valence-corrected chi connectivity index (χ2v) is 6.76. The van der Waals surface area contributed by atoms with Gasteiger partial charge in [0.05, 0.1) is 23.4 Å². The van der Waals surface area contributed by atoms with Crippen molar-refractivity contribution in [2.24, 2.45) is 13.0 Å². The van der Waals surface area contributed by atoms with Crippen LogP contribution in [0, 0.1) is 5.92 Å². The zero-order valence-corrected chi connectivity index (χ0v) is 14.1. The summed E-state index contributed by atoms with van der Waals surface area (Å²) in [7, 11) is 1.94. The van der Waals surface area contributed by atoms with E-state index in [-0.39, 0.29) is 24.0 Å². The van der Waals surface area contributed by atoms with Crippen molar-refractivity contribution in [1.82, 2.24) is 14.9 Å². The smallest absolute Gasteiger partial charge is 0.254 e. The van der Waals surface area contributed by atoms with Gasteiger partial charge in [0, 0.05) is 30.3 Å². The van der Waals surface area contributed by atoms with Gasteiger partial charge in [0.1, 0.15) is 0 Å². The number of para-hydroxylation sites is 1. The summed E-state index contributed by atoms with van der Waals surface area (Å²) in [4.78, 5) is 17.4. The van der Waals surface area contributed by atoms with Gasteiger partial charge in [-0.15, -0.1) is 0 Å². The van der Waals surface area contributed by atoms with E-state index in [1.165, 1.54) is 0 Å². The minimum atomic E-state index is -0.273. The maximum absolute atomic E-state index is 13.0. The Morgan fingerprint density at radius 2 is 2.00 bits per heavy atom. The van der Waals surface area contributed by atoms with Crippen LogP contribution in [0.15, 0.2) is 54.9 Å². The predicted octanol–water partition coefficient (Wildman–Crippen LogP) is 2.82. The van der Waals surface area contributed by atoms with Crippen molar-refractivity contribution in [1.29, 1.82) is 0 Å². The van der Waals surface area contributed by atoms with E-state index in [0.29, 0.717) is 18.4 Å². The van der Waals surface area contributed by atoms with Crippen molar-refractivity contribution in [3.05, 3.63) is 66.1 Å². The number of amides is 1. The summed E-state index contributed by atoms with van der Waals surface area (Å²) in [5, 5.41) is 13.8. The summed E-state index contributed by atoms with van der Waals surface area (Å²) in [6.07, 6.45) is 4.71. The first-order chi connectivity index (χ1) is 12.1. The minimum absolute atomic E-state index is 0.103. The Labute approximate surface area is 146 Å². The fourth-order valence-electron chi connectivity index (χ4n) is 3.64. The second-order valence-electron chi connectivity index (χ2n) is 6.76. The number of aliphatic hydroxyl groups is 1. The van der Waals surface area contributed by atoms with Gasteiger partial charge in [0.25, 0.3) is 5.91 Å². The fourth-order valence-corrected chi connectivity index (χ4v) is 3.64. The third-order valence-corrected chi connectivity index (χ3v) is 5.06. The molecule has 0 saturated heterocycles. The van der Waals surface area contributed by atoms with Crippen LogP contribution in [-0.2, 0) is 7.05 Å². The van der Waals surface area contributed by atoms with E-state index >= 15 is 0 Å². The molecule has 1 aliphatic rings. The number of hydrogen-bond donors (Lipinski definition) is 2. The Kier molecular flexibility index (Phi) is 4.01. The number of benzene rings is 1. The Hall–Kier alpha value is -2.66. The van der Waals surface area contributed by atoms with Crippen molar-refractivity contribution in [3.63, 3.8) is 0 Å². The molecular weight excluding hydrogens is 314 g/mol. The average Bonchev–Trinajstić information content (AvgIpc) is 2.95. The van der Waals surface area contributed by atoms with E-state index in [1.54, 1.807) is 6.20 Å². The van der Waals surface area contributed by atoms with Crippen molar-refractivity contribution in [2.75, 3.05) is 0 Å². The van der Waals surface area contributed by atoms with Crippen LogP contribution in [-0.4, -0.2) is 26.7 Å². The molecule has 3 aromatic rings. The van der Waals surface area contributed by atoms with E-state index < -0.39 is 0 Å². The van der Waals surface area contributed by atoms with Gasteiger partial charge in [-0.2, -0.15) is 0 Å². The minimum Gasteiger partial charge on any atom is -0.393 e. The summed E-state index contributed by atoms with van der Waals surface area (Å²) < 4.78 is 1.97. The van der Waals surface area contributed by atoms with Gasteiger partial charge in [0.2, 0.25) is 0 Å². The van der Waals surface area contributed by atoms with E-state index in [9.17, 15) is 9.90 Å². The van der Waals surface area contributed by atoms with Crippen LogP contribution in [0.3, 0.4) is 0 Å². The van der Waals surface area contributed by atoms with Gasteiger partial charge in [0.15, 0.2) is 0 Å². The Morgan fingerprint density at radius 1 is 1.24 bits per heavy atom. The number of carbonyl (C=O) groups is 1. The van der Waals surface area contributed by atoms with Crippen molar-refractivity contribution >= 4 is 16.8 Å². The van der Waals surface area contributed by atoms with Crippen LogP contribution in [0.4, 0.5) is 0 Å². The molecule has 0 spiro atoms. The third-order valence-electron chi connectivity index (χ3n) is 5.06. The number of nitrogens with one attached hydrogen (secondary N) is 1. The zero-order chi connectivity index (χ0) is 17.4. The van der Waals surface area contributed by atoms with E-state index in [0.717, 1.165) is 16.6 Å². The molecule has 1 fully saturated rings. The molecule has 2 aromatic heterocycles. The van der Waals surface area contributed by atoms with Gasteiger partial charge in [-0.3, -0.25) is 9.78 Å². The first kappa shape index (κ1) is 15.8. The third kappa shape index (κ3) is 2.91. The maximum atomic E-state index is 13.0. The highest BCUT2D eigenvalue weighted by molar-refractivity contribution is 6.07. The number of aromatic nitrogens is 2. The molecule has 0 radical (unpaired) electrons. The largest absolute Gasteiger partial charge is 0.393 e. The molecule has 1 aliphatic carbocycles. The molecule has 1 saturated carbocycles. The second kappa shape index (κ2) is 6.33.